The maximum atomic E-state index is 12.4. The lowest BCUT2D eigenvalue weighted by molar-refractivity contribution is 0.0920. The van der Waals surface area contributed by atoms with Crippen molar-refractivity contribution in [1.29, 1.82) is 0 Å². The topological polar surface area (TPSA) is 31.2 Å². The Hall–Kier alpha value is -2.29. The molecule has 0 fully saturated rings. The molecule has 0 aliphatic rings. The number of benzene rings is 1. The highest BCUT2D eigenvalue weighted by atomic mass is 16.5. The van der Waals surface area contributed by atoms with Gasteiger partial charge in [0, 0.05) is 23.5 Å². The van der Waals surface area contributed by atoms with Crippen molar-refractivity contribution in [2.24, 2.45) is 0 Å². The van der Waals surface area contributed by atoms with Crippen molar-refractivity contribution in [2.75, 3.05) is 6.61 Å². The molecular weight excluding hydrogens is 274 g/mol. The number of hydrogen-bond acceptors (Lipinski definition) is 2. The first-order valence-corrected chi connectivity index (χ1v) is 7.45. The molecule has 1 aromatic carbocycles. The average Bonchev–Trinajstić information content (AvgIpc) is 2.77. The molecule has 0 N–H and O–H groups in total. The summed E-state index contributed by atoms with van der Waals surface area (Å²) in [5, 5.41) is 0. The summed E-state index contributed by atoms with van der Waals surface area (Å²) >= 11 is 0. The van der Waals surface area contributed by atoms with E-state index in [0.29, 0.717) is 6.54 Å². The Morgan fingerprint density at radius 1 is 1.27 bits per heavy atom. The molecule has 1 aromatic heterocycles. The van der Waals surface area contributed by atoms with E-state index in [0.717, 1.165) is 33.8 Å². The van der Waals surface area contributed by atoms with Crippen molar-refractivity contribution in [3.8, 4) is 5.75 Å². The fourth-order valence-electron chi connectivity index (χ4n) is 2.60. The van der Waals surface area contributed by atoms with E-state index in [-0.39, 0.29) is 12.4 Å². The number of ether oxygens (including phenoxy) is 1. The number of ketones is 1. The first-order chi connectivity index (χ1) is 10.5. The van der Waals surface area contributed by atoms with Crippen LogP contribution in [0.1, 0.15) is 32.9 Å². The summed E-state index contributed by atoms with van der Waals surface area (Å²) in [6, 6.07) is 7.80. The molecule has 0 spiro atoms. The SMILES string of the molecule is C=CCn1c(C)cc(C(=O)COc2cccc(C)c2C)c1C. The van der Waals surface area contributed by atoms with E-state index in [4.69, 9.17) is 4.74 Å². The van der Waals surface area contributed by atoms with E-state index in [9.17, 15) is 4.79 Å². The zero-order chi connectivity index (χ0) is 16.3. The minimum Gasteiger partial charge on any atom is -0.485 e. The third kappa shape index (κ3) is 3.14. The van der Waals surface area contributed by atoms with Gasteiger partial charge >= 0.3 is 0 Å². The minimum atomic E-state index is 0.00400. The van der Waals surface area contributed by atoms with Crippen LogP contribution < -0.4 is 4.74 Å². The molecule has 0 aliphatic carbocycles. The van der Waals surface area contributed by atoms with Crippen LogP contribution in [0.15, 0.2) is 36.9 Å². The van der Waals surface area contributed by atoms with Crippen molar-refractivity contribution in [3.05, 3.63) is 65.0 Å². The summed E-state index contributed by atoms with van der Waals surface area (Å²) in [6.45, 7) is 12.5. The van der Waals surface area contributed by atoms with Crippen LogP contribution in [0.25, 0.3) is 0 Å². The van der Waals surface area contributed by atoms with Gasteiger partial charge in [0.2, 0.25) is 5.78 Å². The van der Waals surface area contributed by atoms with Crippen LogP contribution in [-0.4, -0.2) is 17.0 Å². The third-order valence-electron chi connectivity index (χ3n) is 4.10. The number of carbonyl (C=O) groups is 1. The van der Waals surface area contributed by atoms with Gasteiger partial charge in [0.1, 0.15) is 5.75 Å². The number of aromatic nitrogens is 1. The predicted molar refractivity (Wildman–Crippen MR) is 89.8 cm³/mol. The number of carbonyl (C=O) groups excluding carboxylic acids is 1. The highest BCUT2D eigenvalue weighted by molar-refractivity contribution is 5.98. The molecule has 0 saturated heterocycles. The van der Waals surface area contributed by atoms with Gasteiger partial charge in [0.15, 0.2) is 6.61 Å². The molecule has 2 aromatic rings. The Balaban J connectivity index is 2.15. The summed E-state index contributed by atoms with van der Waals surface area (Å²) in [5.74, 6) is 0.776. The first kappa shape index (κ1) is 16.1. The Kier molecular flexibility index (Phi) is 4.86. The van der Waals surface area contributed by atoms with Crippen LogP contribution in [0.5, 0.6) is 5.75 Å². The molecule has 116 valence electrons. The van der Waals surface area contributed by atoms with Gasteiger partial charge in [-0.1, -0.05) is 18.2 Å². The summed E-state index contributed by atoms with van der Waals surface area (Å²) in [7, 11) is 0. The van der Waals surface area contributed by atoms with Gasteiger partial charge < -0.3 is 9.30 Å². The second-order valence-electron chi connectivity index (χ2n) is 5.59. The summed E-state index contributed by atoms with van der Waals surface area (Å²) in [6.07, 6.45) is 1.83. The lowest BCUT2D eigenvalue weighted by Crippen LogP contribution is -2.13. The fourth-order valence-corrected chi connectivity index (χ4v) is 2.60. The van der Waals surface area contributed by atoms with E-state index in [1.807, 2.05) is 58.0 Å². The molecule has 2 rings (SSSR count). The average molecular weight is 297 g/mol. The van der Waals surface area contributed by atoms with E-state index >= 15 is 0 Å². The summed E-state index contributed by atoms with van der Waals surface area (Å²) in [5.41, 5.74) is 4.99. The molecule has 0 radical (unpaired) electrons. The number of allylic oxidation sites excluding steroid dienone is 1. The number of aryl methyl sites for hydroxylation is 2. The summed E-state index contributed by atoms with van der Waals surface area (Å²) < 4.78 is 7.80. The van der Waals surface area contributed by atoms with Crippen LogP contribution in [0.3, 0.4) is 0 Å². The molecule has 0 bridgehead atoms. The normalized spacial score (nSPS) is 10.5. The lowest BCUT2D eigenvalue weighted by Gasteiger charge is -2.10. The van der Waals surface area contributed by atoms with Crippen LogP contribution in [-0.2, 0) is 6.54 Å². The zero-order valence-electron chi connectivity index (χ0n) is 13.8. The fraction of sp³-hybridized carbons (Fsp3) is 0.316. The second kappa shape index (κ2) is 6.65. The van der Waals surface area contributed by atoms with E-state index < -0.39 is 0 Å². The zero-order valence-corrected chi connectivity index (χ0v) is 13.8. The van der Waals surface area contributed by atoms with Crippen molar-refractivity contribution in [1.82, 2.24) is 4.57 Å². The van der Waals surface area contributed by atoms with Crippen LogP contribution in [0, 0.1) is 27.7 Å². The molecule has 0 aliphatic heterocycles. The number of rotatable bonds is 6. The second-order valence-corrected chi connectivity index (χ2v) is 5.59. The molecule has 3 nitrogen and oxygen atoms in total. The quantitative estimate of drug-likeness (QED) is 0.592. The molecule has 0 atom stereocenters. The van der Waals surface area contributed by atoms with Crippen molar-refractivity contribution >= 4 is 5.78 Å². The van der Waals surface area contributed by atoms with Gasteiger partial charge in [0.05, 0.1) is 0 Å². The molecule has 0 saturated carbocycles. The van der Waals surface area contributed by atoms with Crippen molar-refractivity contribution in [2.45, 2.75) is 34.2 Å². The third-order valence-corrected chi connectivity index (χ3v) is 4.10. The minimum absolute atomic E-state index is 0.00400. The van der Waals surface area contributed by atoms with Gasteiger partial charge in [0.25, 0.3) is 0 Å². The van der Waals surface area contributed by atoms with E-state index in [1.54, 1.807) is 0 Å². The number of nitrogens with zero attached hydrogens (tertiary/aromatic N) is 1. The molecule has 22 heavy (non-hydrogen) atoms. The molecule has 0 unspecified atom stereocenters. The maximum Gasteiger partial charge on any atom is 0.202 e. The largest absolute Gasteiger partial charge is 0.485 e. The van der Waals surface area contributed by atoms with Gasteiger partial charge in [-0.05, 0) is 51.0 Å². The first-order valence-electron chi connectivity index (χ1n) is 7.45. The Morgan fingerprint density at radius 3 is 2.68 bits per heavy atom. The standard InChI is InChI=1S/C19H23NO2/c1-6-10-20-14(3)11-17(16(20)5)18(21)12-22-19-9-7-8-13(2)15(19)4/h6-9,11H,1,10,12H2,2-5H3. The van der Waals surface area contributed by atoms with Crippen molar-refractivity contribution < 1.29 is 9.53 Å². The summed E-state index contributed by atoms with van der Waals surface area (Å²) in [4.78, 5) is 12.4. The van der Waals surface area contributed by atoms with E-state index in [1.165, 1.54) is 0 Å². The lowest BCUT2D eigenvalue weighted by atomic mass is 10.1. The highest BCUT2D eigenvalue weighted by Crippen LogP contribution is 2.21. The van der Waals surface area contributed by atoms with Crippen molar-refractivity contribution in [3.63, 3.8) is 0 Å². The smallest absolute Gasteiger partial charge is 0.202 e. The Morgan fingerprint density at radius 2 is 2.00 bits per heavy atom. The monoisotopic (exact) mass is 297 g/mol. The van der Waals surface area contributed by atoms with Crippen LogP contribution >= 0.6 is 0 Å². The van der Waals surface area contributed by atoms with E-state index in [2.05, 4.69) is 11.1 Å². The maximum absolute atomic E-state index is 12.4. The highest BCUT2D eigenvalue weighted by Gasteiger charge is 2.16. The molecule has 3 heteroatoms. The van der Waals surface area contributed by atoms with Gasteiger partial charge in [-0.2, -0.15) is 0 Å². The molecule has 0 amide bonds. The van der Waals surface area contributed by atoms with Gasteiger partial charge in [-0.15, -0.1) is 6.58 Å². The van der Waals surface area contributed by atoms with Gasteiger partial charge in [-0.25, -0.2) is 0 Å². The van der Waals surface area contributed by atoms with Gasteiger partial charge in [-0.3, -0.25) is 4.79 Å². The Bertz CT molecular complexity index is 710. The Labute approximate surface area is 132 Å². The van der Waals surface area contributed by atoms with Crippen LogP contribution in [0.4, 0.5) is 0 Å². The number of Topliss-reactive ketones (excluding diaryl/α,β-unsaturated/α-hetero) is 1. The molecular formula is C19H23NO2. The predicted octanol–water partition coefficient (Wildman–Crippen LogP) is 4.17. The van der Waals surface area contributed by atoms with Crippen LogP contribution in [0.2, 0.25) is 0 Å². The number of hydrogen-bond donors (Lipinski definition) is 0. The molecule has 1 heterocycles.